The summed E-state index contributed by atoms with van der Waals surface area (Å²) >= 11 is 0. The first kappa shape index (κ1) is 17.2. The first-order valence-electron chi connectivity index (χ1n) is 8.02. The summed E-state index contributed by atoms with van der Waals surface area (Å²) in [6.45, 7) is 6.11. The predicted molar refractivity (Wildman–Crippen MR) is 91.7 cm³/mol. The van der Waals surface area contributed by atoms with Crippen molar-refractivity contribution in [3.63, 3.8) is 0 Å². The molecule has 0 aromatic carbocycles. The Morgan fingerprint density at radius 1 is 1.39 bits per heavy atom. The zero-order valence-corrected chi connectivity index (χ0v) is 14.1. The molecule has 0 saturated carbocycles. The SMILES string of the molecule is CCCCN(C)Cc1c(O)c(=O)cc(C)n1Cc1cccnc1. The highest BCUT2D eigenvalue weighted by Crippen LogP contribution is 2.18. The number of nitrogens with zero attached hydrogens (tertiary/aromatic N) is 3. The third kappa shape index (κ3) is 4.42. The van der Waals surface area contributed by atoms with Gasteiger partial charge in [-0.05, 0) is 38.6 Å². The molecule has 0 atom stereocenters. The number of rotatable bonds is 7. The maximum absolute atomic E-state index is 12.0. The fourth-order valence-corrected chi connectivity index (χ4v) is 2.64. The standard InChI is InChI=1S/C18H25N3O2/c1-4-5-9-20(3)13-16-18(23)17(22)10-14(2)21(16)12-15-7-6-8-19-11-15/h6-8,10-11,23H,4-5,9,12-13H2,1-3H3. The van der Waals surface area contributed by atoms with Gasteiger partial charge in [-0.3, -0.25) is 9.78 Å². The van der Waals surface area contributed by atoms with Crippen molar-refractivity contribution in [2.75, 3.05) is 13.6 Å². The molecule has 0 aliphatic rings. The van der Waals surface area contributed by atoms with E-state index in [9.17, 15) is 9.90 Å². The van der Waals surface area contributed by atoms with Crippen LogP contribution in [0.15, 0.2) is 35.4 Å². The molecular weight excluding hydrogens is 290 g/mol. The minimum absolute atomic E-state index is 0.150. The van der Waals surface area contributed by atoms with E-state index in [1.165, 1.54) is 6.07 Å². The molecule has 0 unspecified atom stereocenters. The van der Waals surface area contributed by atoms with Gasteiger partial charge in [-0.15, -0.1) is 0 Å². The first-order valence-corrected chi connectivity index (χ1v) is 8.02. The number of hydrogen-bond donors (Lipinski definition) is 1. The highest BCUT2D eigenvalue weighted by atomic mass is 16.3. The molecule has 2 aromatic heterocycles. The van der Waals surface area contributed by atoms with E-state index in [4.69, 9.17) is 0 Å². The lowest BCUT2D eigenvalue weighted by Crippen LogP contribution is -2.25. The molecule has 2 aromatic rings. The average molecular weight is 315 g/mol. The van der Waals surface area contributed by atoms with Crippen LogP contribution in [0.2, 0.25) is 0 Å². The zero-order chi connectivity index (χ0) is 16.8. The van der Waals surface area contributed by atoms with Crippen LogP contribution in [0.25, 0.3) is 0 Å². The van der Waals surface area contributed by atoms with E-state index in [1.54, 1.807) is 12.4 Å². The topological polar surface area (TPSA) is 58.4 Å². The summed E-state index contributed by atoms with van der Waals surface area (Å²) in [5, 5.41) is 10.3. The van der Waals surface area contributed by atoms with Crippen molar-refractivity contribution in [3.8, 4) is 5.75 Å². The number of aromatic hydroxyl groups is 1. The number of unbranched alkanes of at least 4 members (excludes halogenated alkanes) is 1. The summed E-state index contributed by atoms with van der Waals surface area (Å²) in [5.41, 5.74) is 2.23. The lowest BCUT2D eigenvalue weighted by atomic mass is 10.2. The highest BCUT2D eigenvalue weighted by molar-refractivity contribution is 5.31. The van der Waals surface area contributed by atoms with Gasteiger partial charge in [0.2, 0.25) is 5.43 Å². The van der Waals surface area contributed by atoms with Crippen LogP contribution in [-0.2, 0) is 13.1 Å². The third-order valence-electron chi connectivity index (χ3n) is 3.97. The van der Waals surface area contributed by atoms with Gasteiger partial charge in [0.25, 0.3) is 0 Å². The van der Waals surface area contributed by atoms with Crippen LogP contribution in [0, 0.1) is 6.92 Å². The summed E-state index contributed by atoms with van der Waals surface area (Å²) in [4.78, 5) is 18.2. The number of pyridine rings is 2. The second-order valence-corrected chi connectivity index (χ2v) is 5.98. The molecule has 0 spiro atoms. The van der Waals surface area contributed by atoms with Crippen LogP contribution in [0.5, 0.6) is 5.75 Å². The van der Waals surface area contributed by atoms with Crippen molar-refractivity contribution < 1.29 is 5.11 Å². The number of hydrogen-bond acceptors (Lipinski definition) is 4. The van der Waals surface area contributed by atoms with Crippen LogP contribution >= 0.6 is 0 Å². The smallest absolute Gasteiger partial charge is 0.223 e. The molecule has 0 fully saturated rings. The van der Waals surface area contributed by atoms with Gasteiger partial charge in [0, 0.05) is 37.2 Å². The first-order chi connectivity index (χ1) is 11.0. The van der Waals surface area contributed by atoms with E-state index in [0.29, 0.717) is 18.8 Å². The maximum atomic E-state index is 12.0. The van der Waals surface area contributed by atoms with Crippen LogP contribution in [0.4, 0.5) is 0 Å². The van der Waals surface area contributed by atoms with Crippen LogP contribution in [-0.4, -0.2) is 33.1 Å². The molecule has 0 bridgehead atoms. The van der Waals surface area contributed by atoms with Crippen molar-refractivity contribution in [1.82, 2.24) is 14.5 Å². The lowest BCUT2D eigenvalue weighted by molar-refractivity contribution is 0.302. The fourth-order valence-electron chi connectivity index (χ4n) is 2.64. The minimum Gasteiger partial charge on any atom is -0.503 e. The summed E-state index contributed by atoms with van der Waals surface area (Å²) in [6, 6.07) is 5.37. The normalized spacial score (nSPS) is 11.1. The Hall–Kier alpha value is -2.14. The van der Waals surface area contributed by atoms with E-state index < -0.39 is 0 Å². The Labute approximate surface area is 137 Å². The van der Waals surface area contributed by atoms with Crippen molar-refractivity contribution in [1.29, 1.82) is 0 Å². The van der Waals surface area contributed by atoms with Crippen molar-refractivity contribution in [3.05, 3.63) is 57.8 Å². The Bertz CT molecular complexity index is 695. The molecule has 5 heteroatoms. The van der Waals surface area contributed by atoms with Gasteiger partial charge in [0.05, 0.1) is 5.69 Å². The average Bonchev–Trinajstić information content (AvgIpc) is 2.55. The molecule has 0 radical (unpaired) electrons. The van der Waals surface area contributed by atoms with Gasteiger partial charge in [-0.25, -0.2) is 0 Å². The monoisotopic (exact) mass is 315 g/mol. The molecule has 124 valence electrons. The number of aryl methyl sites for hydroxylation is 1. The van der Waals surface area contributed by atoms with Crippen molar-refractivity contribution in [2.45, 2.75) is 39.8 Å². The largest absolute Gasteiger partial charge is 0.503 e. The second-order valence-electron chi connectivity index (χ2n) is 5.98. The molecular formula is C18H25N3O2. The van der Waals surface area contributed by atoms with E-state index in [1.807, 2.05) is 30.7 Å². The van der Waals surface area contributed by atoms with Gasteiger partial charge in [0.15, 0.2) is 5.75 Å². The van der Waals surface area contributed by atoms with Gasteiger partial charge in [-0.2, -0.15) is 0 Å². The zero-order valence-electron chi connectivity index (χ0n) is 14.1. The van der Waals surface area contributed by atoms with Gasteiger partial charge < -0.3 is 14.6 Å². The molecule has 2 heterocycles. The van der Waals surface area contributed by atoms with E-state index in [-0.39, 0.29) is 11.2 Å². The van der Waals surface area contributed by atoms with Crippen molar-refractivity contribution >= 4 is 0 Å². The van der Waals surface area contributed by atoms with E-state index in [0.717, 1.165) is 30.6 Å². The third-order valence-corrected chi connectivity index (χ3v) is 3.97. The van der Waals surface area contributed by atoms with Crippen LogP contribution in [0.1, 0.15) is 36.7 Å². The predicted octanol–water partition coefficient (Wildman–Crippen LogP) is 2.54. The molecule has 2 rings (SSSR count). The number of aromatic nitrogens is 2. The second kappa shape index (κ2) is 7.92. The van der Waals surface area contributed by atoms with Gasteiger partial charge >= 0.3 is 0 Å². The highest BCUT2D eigenvalue weighted by Gasteiger charge is 2.15. The van der Waals surface area contributed by atoms with Gasteiger partial charge in [0.1, 0.15) is 0 Å². The quantitative estimate of drug-likeness (QED) is 0.853. The summed E-state index contributed by atoms with van der Waals surface area (Å²) in [5.74, 6) is -0.150. The van der Waals surface area contributed by atoms with Gasteiger partial charge in [-0.1, -0.05) is 19.4 Å². The molecule has 0 aliphatic heterocycles. The fraction of sp³-hybridized carbons (Fsp3) is 0.444. The van der Waals surface area contributed by atoms with Crippen LogP contribution in [0.3, 0.4) is 0 Å². The Balaban J connectivity index is 2.36. The Kier molecular flexibility index (Phi) is 5.93. The Morgan fingerprint density at radius 2 is 2.17 bits per heavy atom. The summed E-state index contributed by atoms with van der Waals surface area (Å²) < 4.78 is 2.00. The van der Waals surface area contributed by atoms with Crippen molar-refractivity contribution in [2.24, 2.45) is 0 Å². The molecule has 0 aliphatic carbocycles. The molecule has 1 N–H and O–H groups in total. The molecule has 0 saturated heterocycles. The maximum Gasteiger partial charge on any atom is 0.223 e. The molecule has 23 heavy (non-hydrogen) atoms. The van der Waals surface area contributed by atoms with E-state index in [2.05, 4.69) is 16.8 Å². The van der Waals surface area contributed by atoms with E-state index >= 15 is 0 Å². The van der Waals surface area contributed by atoms with Crippen LogP contribution < -0.4 is 5.43 Å². The minimum atomic E-state index is -0.316. The molecule has 0 amide bonds. The Morgan fingerprint density at radius 3 is 2.83 bits per heavy atom. The lowest BCUT2D eigenvalue weighted by Gasteiger charge is -2.22. The summed E-state index contributed by atoms with van der Waals surface area (Å²) in [6.07, 6.45) is 5.75. The summed E-state index contributed by atoms with van der Waals surface area (Å²) in [7, 11) is 2.01. The molecule has 5 nitrogen and oxygen atoms in total.